The third-order valence-electron chi connectivity index (χ3n) is 2.41. The Morgan fingerprint density at radius 3 is 2.33 bits per heavy atom. The zero-order valence-corrected chi connectivity index (χ0v) is 9.67. The third-order valence-corrected chi connectivity index (χ3v) is 2.41. The van der Waals surface area contributed by atoms with E-state index in [4.69, 9.17) is 9.47 Å². The molecule has 0 N–H and O–H groups in total. The van der Waals surface area contributed by atoms with Gasteiger partial charge in [0.15, 0.2) is 11.5 Å². The van der Waals surface area contributed by atoms with Gasteiger partial charge in [-0.15, -0.1) is 0 Å². The number of aryl methyl sites for hydroxylation is 1. The first-order valence-corrected chi connectivity index (χ1v) is 5.07. The van der Waals surface area contributed by atoms with Crippen molar-refractivity contribution in [1.29, 1.82) is 0 Å². The van der Waals surface area contributed by atoms with Crippen molar-refractivity contribution in [2.24, 2.45) is 0 Å². The molecule has 0 aliphatic heterocycles. The van der Waals surface area contributed by atoms with E-state index >= 15 is 0 Å². The van der Waals surface area contributed by atoms with Gasteiger partial charge in [0.25, 0.3) is 0 Å². The molecule has 82 valence electrons. The van der Waals surface area contributed by atoms with E-state index in [9.17, 15) is 0 Å². The van der Waals surface area contributed by atoms with E-state index in [2.05, 4.69) is 20.3 Å². The Bertz CT molecular complexity index is 319. The molecule has 0 saturated heterocycles. The molecule has 0 aliphatic rings. The zero-order valence-electron chi connectivity index (χ0n) is 9.67. The summed E-state index contributed by atoms with van der Waals surface area (Å²) < 4.78 is 10.5. The van der Waals surface area contributed by atoms with Crippen LogP contribution >= 0.6 is 0 Å². The van der Waals surface area contributed by atoms with E-state index in [1.54, 1.807) is 14.2 Å². The lowest BCUT2D eigenvalue weighted by Crippen LogP contribution is -1.96. The normalized spacial score (nSPS) is 10.1. The average Bonchev–Trinajstić information content (AvgIpc) is 2.27. The Hall–Kier alpha value is -1.18. The van der Waals surface area contributed by atoms with E-state index in [1.165, 1.54) is 5.56 Å². The molecule has 15 heavy (non-hydrogen) atoms. The molecule has 0 fully saturated rings. The Labute approximate surface area is 92.2 Å². The monoisotopic (exact) mass is 206 g/mol. The van der Waals surface area contributed by atoms with Crippen LogP contribution in [0.15, 0.2) is 12.1 Å². The summed E-state index contributed by atoms with van der Waals surface area (Å²) in [5.41, 5.74) is 2.22. The molecule has 0 heterocycles. The molecule has 1 aromatic carbocycles. The fourth-order valence-corrected chi connectivity index (χ4v) is 1.50. The van der Waals surface area contributed by atoms with E-state index < -0.39 is 0 Å². The quantitative estimate of drug-likeness (QED) is 0.737. The van der Waals surface area contributed by atoms with Crippen molar-refractivity contribution in [2.45, 2.75) is 19.8 Å². The van der Waals surface area contributed by atoms with Gasteiger partial charge in [-0.3, -0.25) is 0 Å². The fraction of sp³-hybridized carbons (Fsp3) is 0.385. The lowest BCUT2D eigenvalue weighted by atomic mass is 10.0. The second-order valence-corrected chi connectivity index (χ2v) is 3.42. The highest BCUT2D eigenvalue weighted by molar-refractivity contribution is 5.48. The third kappa shape index (κ3) is 2.88. The molecule has 2 heteroatoms. The van der Waals surface area contributed by atoms with Crippen molar-refractivity contribution in [2.75, 3.05) is 14.2 Å². The lowest BCUT2D eigenvalue weighted by Gasteiger charge is -2.12. The van der Waals surface area contributed by atoms with E-state index in [0.29, 0.717) is 0 Å². The van der Waals surface area contributed by atoms with Crippen molar-refractivity contribution < 1.29 is 9.47 Å². The highest BCUT2D eigenvalue weighted by Crippen LogP contribution is 2.30. The largest absolute Gasteiger partial charge is 0.493 e. The summed E-state index contributed by atoms with van der Waals surface area (Å²) in [7, 11) is 3.28. The van der Waals surface area contributed by atoms with Crippen LogP contribution in [0.4, 0.5) is 0 Å². The maximum atomic E-state index is 5.25. The summed E-state index contributed by atoms with van der Waals surface area (Å²) in [6.07, 6.45) is 4.20. The summed E-state index contributed by atoms with van der Waals surface area (Å²) in [4.78, 5) is 0. The van der Waals surface area contributed by atoms with Gasteiger partial charge in [-0.25, -0.2) is 0 Å². The number of ether oxygens (including phenoxy) is 2. The topological polar surface area (TPSA) is 18.5 Å². The highest BCUT2D eigenvalue weighted by atomic mass is 16.5. The summed E-state index contributed by atoms with van der Waals surface area (Å²) in [6.45, 7) is 6.07. The Balaban J connectivity index is 2.97. The van der Waals surface area contributed by atoms with Crippen LogP contribution in [-0.4, -0.2) is 14.2 Å². The van der Waals surface area contributed by atoms with Gasteiger partial charge in [-0.1, -0.05) is 6.92 Å². The zero-order chi connectivity index (χ0) is 11.3. The average molecular weight is 206 g/mol. The van der Waals surface area contributed by atoms with Crippen molar-refractivity contribution in [3.8, 4) is 11.5 Å². The Kier molecular flexibility index (Phi) is 4.47. The number of rotatable bonds is 5. The molecular formula is C13H18O2. The van der Waals surface area contributed by atoms with Crippen molar-refractivity contribution in [1.82, 2.24) is 0 Å². The molecule has 0 spiro atoms. The predicted molar refractivity (Wildman–Crippen MR) is 62.3 cm³/mol. The van der Waals surface area contributed by atoms with Crippen LogP contribution in [-0.2, 0) is 6.42 Å². The number of unbranched alkanes of at least 4 members (excludes halogenated alkanes) is 1. The molecule has 0 amide bonds. The van der Waals surface area contributed by atoms with Gasteiger partial charge in [-0.05, 0) is 49.4 Å². The second-order valence-electron chi connectivity index (χ2n) is 3.42. The maximum absolute atomic E-state index is 5.25. The molecule has 0 aliphatic carbocycles. The Morgan fingerprint density at radius 2 is 1.80 bits per heavy atom. The van der Waals surface area contributed by atoms with E-state index in [-0.39, 0.29) is 0 Å². The van der Waals surface area contributed by atoms with Crippen LogP contribution in [0.1, 0.15) is 24.5 Å². The summed E-state index contributed by atoms with van der Waals surface area (Å²) in [5.74, 6) is 1.52. The van der Waals surface area contributed by atoms with Crippen LogP contribution in [0.3, 0.4) is 0 Å². The fourth-order valence-electron chi connectivity index (χ4n) is 1.50. The molecule has 0 bridgehead atoms. The number of methoxy groups -OCH3 is 2. The number of hydrogen-bond donors (Lipinski definition) is 0. The highest BCUT2D eigenvalue weighted by Gasteiger charge is 2.07. The molecular weight excluding hydrogens is 188 g/mol. The van der Waals surface area contributed by atoms with Crippen LogP contribution in [0, 0.1) is 13.3 Å². The maximum Gasteiger partial charge on any atom is 0.161 e. The van der Waals surface area contributed by atoms with Crippen LogP contribution in [0.2, 0.25) is 0 Å². The van der Waals surface area contributed by atoms with Gasteiger partial charge in [0.1, 0.15) is 0 Å². The van der Waals surface area contributed by atoms with Crippen molar-refractivity contribution >= 4 is 0 Å². The predicted octanol–water partition coefficient (Wildman–Crippen LogP) is 3.04. The molecule has 0 aromatic heterocycles. The van der Waals surface area contributed by atoms with E-state index in [0.717, 1.165) is 29.9 Å². The molecule has 2 nitrogen and oxygen atoms in total. The first-order chi connectivity index (χ1) is 7.22. The first-order valence-electron chi connectivity index (χ1n) is 5.07. The number of benzene rings is 1. The van der Waals surface area contributed by atoms with E-state index in [1.807, 2.05) is 12.1 Å². The molecule has 2 radical (unpaired) electrons. The van der Waals surface area contributed by atoms with Crippen LogP contribution in [0.25, 0.3) is 0 Å². The smallest absolute Gasteiger partial charge is 0.161 e. The van der Waals surface area contributed by atoms with Gasteiger partial charge in [0.05, 0.1) is 14.2 Å². The molecule has 0 unspecified atom stereocenters. The summed E-state index contributed by atoms with van der Waals surface area (Å²) >= 11 is 0. The molecule has 1 aromatic rings. The SMILES string of the molecule is [CH2]c1cc(OC)c(OC)cc1CC[CH]C. The van der Waals surface area contributed by atoms with Crippen molar-refractivity contribution in [3.05, 3.63) is 36.6 Å². The summed E-state index contributed by atoms with van der Waals surface area (Å²) in [5, 5.41) is 0. The molecule has 1 rings (SSSR count). The minimum atomic E-state index is 0.742. The van der Waals surface area contributed by atoms with Gasteiger partial charge in [-0.2, -0.15) is 0 Å². The minimum Gasteiger partial charge on any atom is -0.493 e. The van der Waals surface area contributed by atoms with Crippen LogP contribution < -0.4 is 9.47 Å². The van der Waals surface area contributed by atoms with Gasteiger partial charge >= 0.3 is 0 Å². The second kappa shape index (κ2) is 5.64. The summed E-state index contributed by atoms with van der Waals surface area (Å²) in [6, 6.07) is 3.93. The number of hydrogen-bond acceptors (Lipinski definition) is 2. The molecule has 0 atom stereocenters. The first kappa shape index (κ1) is 11.9. The van der Waals surface area contributed by atoms with Crippen molar-refractivity contribution in [3.63, 3.8) is 0 Å². The standard InChI is InChI=1S/C13H18O2/c1-5-6-7-11-9-13(15-4)12(14-3)8-10(11)2/h5,8-9H,2,6-7H2,1,3-4H3. The van der Waals surface area contributed by atoms with Gasteiger partial charge in [0, 0.05) is 0 Å². The lowest BCUT2D eigenvalue weighted by molar-refractivity contribution is 0.354. The van der Waals surface area contributed by atoms with Crippen LogP contribution in [0.5, 0.6) is 11.5 Å². The minimum absolute atomic E-state index is 0.742. The Morgan fingerprint density at radius 1 is 1.20 bits per heavy atom. The van der Waals surface area contributed by atoms with Gasteiger partial charge in [0.2, 0.25) is 0 Å². The van der Waals surface area contributed by atoms with Gasteiger partial charge < -0.3 is 9.47 Å². The molecule has 0 saturated carbocycles.